The maximum absolute atomic E-state index is 14.6. The highest BCUT2D eigenvalue weighted by Crippen LogP contribution is 2.54. The average Bonchev–Trinajstić information content (AvgIpc) is 3.04. The third-order valence-electron chi connectivity index (χ3n) is 4.56. The standard InChI is InChI=1S/C19H14ClF7N4OS/c1-31-14(17(21,18(22,23)24)19(25,26)27)5-12(15(29)33)16(31)30-7-11(6-28)9-2-3-13(20)10(4-9)8-32/h2-8H,28H2,1H3,(H2,29,33). The van der Waals surface area contributed by atoms with Gasteiger partial charge in [0.2, 0.25) is 0 Å². The van der Waals surface area contributed by atoms with Gasteiger partial charge in [-0.1, -0.05) is 29.9 Å². The molecular weight excluding hydrogens is 501 g/mol. The molecule has 0 bridgehead atoms. The van der Waals surface area contributed by atoms with Crippen molar-refractivity contribution < 1.29 is 35.5 Å². The Balaban J connectivity index is 2.69. The maximum atomic E-state index is 14.6. The van der Waals surface area contributed by atoms with Gasteiger partial charge in [0.15, 0.2) is 6.29 Å². The lowest BCUT2D eigenvalue weighted by atomic mass is 10.00. The Hall–Kier alpha value is -2.93. The van der Waals surface area contributed by atoms with Crippen molar-refractivity contribution in [2.45, 2.75) is 18.0 Å². The summed E-state index contributed by atoms with van der Waals surface area (Å²) >= 11 is 10.5. The molecule has 178 valence electrons. The predicted octanol–water partition coefficient (Wildman–Crippen LogP) is 5.12. The Morgan fingerprint density at radius 3 is 2.15 bits per heavy atom. The lowest BCUT2D eigenvalue weighted by Crippen LogP contribution is -2.51. The molecule has 0 aliphatic rings. The highest BCUT2D eigenvalue weighted by Gasteiger charge is 2.74. The van der Waals surface area contributed by atoms with E-state index in [-0.39, 0.29) is 26.8 Å². The fourth-order valence-electron chi connectivity index (χ4n) is 2.87. The summed E-state index contributed by atoms with van der Waals surface area (Å²) in [6, 6.07) is 4.37. The summed E-state index contributed by atoms with van der Waals surface area (Å²) in [5.41, 5.74) is 3.38. The minimum Gasteiger partial charge on any atom is -0.404 e. The van der Waals surface area contributed by atoms with Crippen LogP contribution in [0.5, 0.6) is 0 Å². The summed E-state index contributed by atoms with van der Waals surface area (Å²) in [6.07, 6.45) is -10.2. The van der Waals surface area contributed by atoms with E-state index in [2.05, 4.69) is 4.99 Å². The van der Waals surface area contributed by atoms with Gasteiger partial charge in [-0.25, -0.2) is 9.38 Å². The van der Waals surface area contributed by atoms with Crippen LogP contribution in [0.3, 0.4) is 0 Å². The molecule has 2 rings (SSSR count). The number of aldehydes is 1. The molecule has 2 aromatic rings. The van der Waals surface area contributed by atoms with Crippen molar-refractivity contribution in [2.24, 2.45) is 23.5 Å². The van der Waals surface area contributed by atoms with Crippen LogP contribution in [0.15, 0.2) is 35.5 Å². The minimum atomic E-state index is -6.34. The molecule has 0 saturated carbocycles. The Morgan fingerprint density at radius 1 is 1.12 bits per heavy atom. The number of hydrogen-bond donors (Lipinski definition) is 2. The summed E-state index contributed by atoms with van der Waals surface area (Å²) < 4.78 is 94.2. The lowest BCUT2D eigenvalue weighted by Gasteiger charge is -2.30. The van der Waals surface area contributed by atoms with Crippen LogP contribution in [0.4, 0.5) is 36.6 Å². The molecule has 0 fully saturated rings. The molecule has 0 unspecified atom stereocenters. The highest BCUT2D eigenvalue weighted by atomic mass is 35.5. The van der Waals surface area contributed by atoms with Crippen LogP contribution in [0.25, 0.3) is 5.57 Å². The van der Waals surface area contributed by atoms with Crippen LogP contribution in [0, 0.1) is 0 Å². The molecule has 0 aliphatic carbocycles. The van der Waals surface area contributed by atoms with E-state index < -0.39 is 40.1 Å². The Labute approximate surface area is 192 Å². The molecule has 1 heterocycles. The van der Waals surface area contributed by atoms with Gasteiger partial charge < -0.3 is 16.0 Å². The van der Waals surface area contributed by atoms with Crippen LogP contribution in [0.2, 0.25) is 5.02 Å². The monoisotopic (exact) mass is 514 g/mol. The summed E-state index contributed by atoms with van der Waals surface area (Å²) in [4.78, 5) is 14.3. The fraction of sp³-hybridized carbons (Fsp3) is 0.211. The Morgan fingerprint density at radius 2 is 1.70 bits per heavy atom. The molecule has 14 heteroatoms. The van der Waals surface area contributed by atoms with Crippen LogP contribution < -0.4 is 11.5 Å². The number of aromatic nitrogens is 1. The number of thiocarbonyl (C=S) groups is 1. The number of carbonyl (C=O) groups excluding carboxylic acids is 1. The third kappa shape index (κ3) is 4.74. The predicted molar refractivity (Wildman–Crippen MR) is 113 cm³/mol. The van der Waals surface area contributed by atoms with Crippen molar-refractivity contribution in [2.75, 3.05) is 0 Å². The number of aliphatic imine (C=N–C) groups is 1. The van der Waals surface area contributed by atoms with Crippen molar-refractivity contribution in [1.29, 1.82) is 0 Å². The summed E-state index contributed by atoms with van der Waals surface area (Å²) in [5, 5.41) is 0.128. The summed E-state index contributed by atoms with van der Waals surface area (Å²) in [7, 11) is 0.744. The maximum Gasteiger partial charge on any atom is 0.437 e. The number of rotatable bonds is 6. The number of hydrogen-bond acceptors (Lipinski definition) is 4. The van der Waals surface area contributed by atoms with Crippen LogP contribution in [-0.2, 0) is 12.7 Å². The van der Waals surface area contributed by atoms with E-state index in [9.17, 15) is 35.5 Å². The number of nitrogens with two attached hydrogens (primary N) is 2. The normalized spacial score (nSPS) is 13.5. The van der Waals surface area contributed by atoms with Crippen molar-refractivity contribution in [3.05, 3.63) is 57.9 Å². The molecule has 1 aromatic heterocycles. The Kier molecular flexibility index (Phi) is 7.29. The number of halogens is 8. The molecule has 0 saturated heterocycles. The number of alkyl halides is 7. The van der Waals surface area contributed by atoms with Gasteiger partial charge in [0.25, 0.3) is 0 Å². The van der Waals surface area contributed by atoms with Gasteiger partial charge in [0.05, 0.1) is 16.3 Å². The zero-order valence-corrected chi connectivity index (χ0v) is 18.0. The van der Waals surface area contributed by atoms with Crippen LogP contribution in [-0.4, -0.2) is 34.4 Å². The number of allylic oxidation sites excluding steroid dienone is 1. The zero-order valence-electron chi connectivity index (χ0n) is 16.4. The first-order chi connectivity index (χ1) is 15.1. The van der Waals surface area contributed by atoms with E-state index in [1.807, 2.05) is 0 Å². The van der Waals surface area contributed by atoms with Crippen molar-refractivity contribution in [3.63, 3.8) is 0 Å². The van der Waals surface area contributed by atoms with Gasteiger partial charge in [-0.3, -0.25) is 4.79 Å². The van der Waals surface area contributed by atoms with Crippen LogP contribution in [0.1, 0.15) is 27.2 Å². The molecule has 0 aliphatic heterocycles. The second-order valence-electron chi connectivity index (χ2n) is 6.58. The van der Waals surface area contributed by atoms with E-state index in [0.29, 0.717) is 11.8 Å². The quantitative estimate of drug-likeness (QED) is 0.243. The first-order valence-corrected chi connectivity index (χ1v) is 9.42. The van der Waals surface area contributed by atoms with E-state index in [4.69, 9.17) is 35.3 Å². The molecule has 5 nitrogen and oxygen atoms in total. The van der Waals surface area contributed by atoms with E-state index >= 15 is 0 Å². The third-order valence-corrected chi connectivity index (χ3v) is 5.13. The molecule has 0 spiro atoms. The summed E-state index contributed by atoms with van der Waals surface area (Å²) in [6.45, 7) is 0. The molecule has 0 atom stereocenters. The second-order valence-corrected chi connectivity index (χ2v) is 7.43. The van der Waals surface area contributed by atoms with Crippen molar-refractivity contribution >= 4 is 52.7 Å². The highest BCUT2D eigenvalue weighted by molar-refractivity contribution is 7.80. The number of carbonyl (C=O) groups is 1. The summed E-state index contributed by atoms with van der Waals surface area (Å²) in [5.74, 6) is -0.586. The van der Waals surface area contributed by atoms with Crippen LogP contribution >= 0.6 is 23.8 Å². The lowest BCUT2D eigenvalue weighted by molar-refractivity contribution is -0.350. The zero-order chi connectivity index (χ0) is 25.4. The van der Waals surface area contributed by atoms with E-state index in [1.165, 1.54) is 18.2 Å². The Bertz CT molecular complexity index is 1140. The largest absolute Gasteiger partial charge is 0.437 e. The second kappa shape index (κ2) is 9.14. The fourth-order valence-corrected chi connectivity index (χ4v) is 3.18. The van der Waals surface area contributed by atoms with Gasteiger partial charge in [-0.15, -0.1) is 0 Å². The SMILES string of the molecule is Cn1c(C(F)(C(F)(F)F)C(F)(F)F)cc(C(N)=S)c1N=CC(=CN)c1ccc(Cl)c(C=O)c1. The van der Waals surface area contributed by atoms with Crippen molar-refractivity contribution in [3.8, 4) is 0 Å². The average molecular weight is 515 g/mol. The minimum absolute atomic E-state index is 0.0875. The first kappa shape index (κ1) is 26.3. The first-order valence-electron chi connectivity index (χ1n) is 8.63. The number of nitrogens with zero attached hydrogens (tertiary/aromatic N) is 2. The molecule has 0 radical (unpaired) electrons. The molecular formula is C19H14ClF7N4OS. The van der Waals surface area contributed by atoms with Gasteiger partial charge >= 0.3 is 18.0 Å². The molecule has 0 amide bonds. The molecule has 33 heavy (non-hydrogen) atoms. The van der Waals surface area contributed by atoms with Crippen molar-refractivity contribution in [1.82, 2.24) is 4.57 Å². The van der Waals surface area contributed by atoms with Gasteiger partial charge in [-0.2, -0.15) is 26.3 Å². The van der Waals surface area contributed by atoms with E-state index in [1.54, 1.807) is 0 Å². The smallest absolute Gasteiger partial charge is 0.404 e. The van der Waals surface area contributed by atoms with Gasteiger partial charge in [-0.05, 0) is 23.8 Å². The molecule has 4 N–H and O–H groups in total. The molecule has 1 aromatic carbocycles. The van der Waals surface area contributed by atoms with Gasteiger partial charge in [0, 0.05) is 30.6 Å². The van der Waals surface area contributed by atoms with Gasteiger partial charge in [0.1, 0.15) is 10.8 Å². The topological polar surface area (TPSA) is 86.4 Å². The number of benzene rings is 1. The van der Waals surface area contributed by atoms with E-state index in [0.717, 1.165) is 19.5 Å².